The third-order valence-electron chi connectivity index (χ3n) is 0.925. The summed E-state index contributed by atoms with van der Waals surface area (Å²) < 4.78 is 0. The van der Waals surface area contributed by atoms with Gasteiger partial charge in [0.1, 0.15) is 0 Å². The largest absolute Gasteiger partial charge is 0.476 e. The normalized spacial score (nSPS) is 15.8. The van der Waals surface area contributed by atoms with Gasteiger partial charge in [0, 0.05) is 11.0 Å². The van der Waals surface area contributed by atoms with Crippen molar-refractivity contribution >= 4 is 28.1 Å². The first-order valence-electron chi connectivity index (χ1n) is 3.12. The smallest absolute Gasteiger partial charge is 0.355 e. The van der Waals surface area contributed by atoms with E-state index in [1.54, 1.807) is 0 Å². The quantitative estimate of drug-likeness (QED) is 0.365. The van der Waals surface area contributed by atoms with Gasteiger partial charge in [-0.05, 0) is 6.92 Å². The molecule has 1 unspecified atom stereocenters. The van der Waals surface area contributed by atoms with E-state index in [0.29, 0.717) is 0 Å². The summed E-state index contributed by atoms with van der Waals surface area (Å²) in [6, 6.07) is 0. The van der Waals surface area contributed by atoms with Crippen LogP contribution in [0.3, 0.4) is 0 Å². The van der Waals surface area contributed by atoms with Crippen molar-refractivity contribution in [3.8, 4) is 0 Å². The van der Waals surface area contributed by atoms with Crippen LogP contribution in [0.25, 0.3) is 0 Å². The highest BCUT2D eigenvalue weighted by Gasteiger charge is 2.05. The van der Waals surface area contributed by atoms with Gasteiger partial charge in [0.25, 0.3) is 0 Å². The van der Waals surface area contributed by atoms with Crippen LogP contribution in [0.2, 0.25) is 0 Å². The zero-order valence-electron chi connectivity index (χ0n) is 6.49. The van der Waals surface area contributed by atoms with Crippen LogP contribution in [0.15, 0.2) is 16.5 Å². The third-order valence-corrected chi connectivity index (χ3v) is 1.16. The molecule has 12 heavy (non-hydrogen) atoms. The Hall–Kier alpha value is -1.04. The van der Waals surface area contributed by atoms with Gasteiger partial charge in [-0.25, -0.2) is 9.79 Å². The van der Waals surface area contributed by atoms with Gasteiger partial charge in [0.05, 0.1) is 0 Å². The summed E-state index contributed by atoms with van der Waals surface area (Å²) in [6.07, 6.45) is 1.45. The molecule has 0 spiro atoms. The molecule has 0 bridgehead atoms. The van der Waals surface area contributed by atoms with Gasteiger partial charge >= 0.3 is 5.97 Å². The summed E-state index contributed by atoms with van der Waals surface area (Å²) in [5.74, 6) is -1.46. The van der Waals surface area contributed by atoms with E-state index < -0.39 is 11.7 Å². The average Bonchev–Trinajstić information content (AvgIpc) is 1.98. The van der Waals surface area contributed by atoms with Crippen LogP contribution in [0.5, 0.6) is 0 Å². The number of carbonyl (C=O) groups is 1. The molecule has 1 atom stereocenters. The standard InChI is InChI=1S/C6H10BrN3O2/c1-3(7)2-10-5(9)4(8)6(11)12/h2-3H,8-9H2,1H3,(H,11,12)/b5-4-,10-2?. The number of nitrogens with two attached hydrogens (primary N) is 2. The minimum absolute atomic E-state index is 0.0256. The van der Waals surface area contributed by atoms with Crippen LogP contribution in [0, 0.1) is 0 Å². The molecule has 0 aliphatic rings. The van der Waals surface area contributed by atoms with Crippen molar-refractivity contribution < 1.29 is 9.90 Å². The number of aliphatic imine (C=N–C) groups is 1. The Kier molecular flexibility index (Phi) is 4.35. The highest BCUT2D eigenvalue weighted by atomic mass is 79.9. The van der Waals surface area contributed by atoms with E-state index >= 15 is 0 Å². The Balaban J connectivity index is 4.47. The first kappa shape index (κ1) is 11.0. The zero-order chi connectivity index (χ0) is 9.72. The van der Waals surface area contributed by atoms with E-state index in [4.69, 9.17) is 16.6 Å². The Labute approximate surface area is 78.3 Å². The topological polar surface area (TPSA) is 102 Å². The zero-order valence-corrected chi connectivity index (χ0v) is 8.08. The second-order valence-electron chi connectivity index (χ2n) is 2.06. The highest BCUT2D eigenvalue weighted by Crippen LogP contribution is 1.96. The predicted octanol–water partition coefficient (Wildman–Crippen LogP) is 0.0117. The SMILES string of the molecule is CC(Br)C=N/C(N)=C(\N)C(=O)O. The van der Waals surface area contributed by atoms with Crippen molar-refractivity contribution in [2.24, 2.45) is 16.5 Å². The molecule has 0 aromatic carbocycles. The Morgan fingerprint density at radius 3 is 2.50 bits per heavy atom. The molecule has 0 aromatic heterocycles. The Bertz CT molecular complexity index is 235. The van der Waals surface area contributed by atoms with Crippen LogP contribution < -0.4 is 11.5 Å². The third kappa shape index (κ3) is 3.97. The van der Waals surface area contributed by atoms with E-state index in [-0.39, 0.29) is 10.6 Å². The fourth-order valence-electron chi connectivity index (χ4n) is 0.362. The molecule has 0 fully saturated rings. The van der Waals surface area contributed by atoms with Crippen LogP contribution in [-0.2, 0) is 4.79 Å². The summed E-state index contributed by atoms with van der Waals surface area (Å²) >= 11 is 3.17. The molecule has 0 amide bonds. The second kappa shape index (κ2) is 4.76. The number of carboxylic acids is 1. The van der Waals surface area contributed by atoms with Crippen molar-refractivity contribution in [1.82, 2.24) is 0 Å². The summed E-state index contributed by atoms with van der Waals surface area (Å²) in [5, 5.41) is 8.37. The summed E-state index contributed by atoms with van der Waals surface area (Å²) in [5.41, 5.74) is 9.85. The molecule has 68 valence electrons. The molecule has 5 nitrogen and oxygen atoms in total. The van der Waals surface area contributed by atoms with E-state index in [0.717, 1.165) is 0 Å². The lowest BCUT2D eigenvalue weighted by Crippen LogP contribution is -2.17. The van der Waals surface area contributed by atoms with Crippen molar-refractivity contribution in [2.45, 2.75) is 11.8 Å². The van der Waals surface area contributed by atoms with Gasteiger partial charge in [-0.15, -0.1) is 0 Å². The number of hydrogen-bond donors (Lipinski definition) is 3. The molecule has 0 heterocycles. The fraction of sp³-hybridized carbons (Fsp3) is 0.333. The number of carboxylic acid groups (broad SMARTS) is 1. The van der Waals surface area contributed by atoms with Crippen molar-refractivity contribution in [3.63, 3.8) is 0 Å². The van der Waals surface area contributed by atoms with Gasteiger partial charge in [-0.3, -0.25) is 0 Å². The molecule has 0 saturated heterocycles. The number of hydrogen-bond acceptors (Lipinski definition) is 4. The molecule has 5 N–H and O–H groups in total. The molecule has 0 aromatic rings. The number of alkyl halides is 1. The second-order valence-corrected chi connectivity index (χ2v) is 3.50. The number of nitrogens with zero attached hydrogens (tertiary/aromatic N) is 1. The molecule has 0 aliphatic heterocycles. The Morgan fingerprint density at radius 1 is 1.67 bits per heavy atom. The maximum absolute atomic E-state index is 10.2. The van der Waals surface area contributed by atoms with Gasteiger partial charge < -0.3 is 16.6 Å². The molecule has 0 rings (SSSR count). The summed E-state index contributed by atoms with van der Waals surface area (Å²) in [7, 11) is 0. The minimum atomic E-state index is -1.27. The summed E-state index contributed by atoms with van der Waals surface area (Å²) in [6.45, 7) is 1.81. The highest BCUT2D eigenvalue weighted by molar-refractivity contribution is 9.09. The maximum Gasteiger partial charge on any atom is 0.355 e. The molecule has 6 heteroatoms. The van der Waals surface area contributed by atoms with Crippen LogP contribution >= 0.6 is 15.9 Å². The van der Waals surface area contributed by atoms with Crippen LogP contribution in [-0.4, -0.2) is 22.1 Å². The van der Waals surface area contributed by atoms with Gasteiger partial charge in [-0.1, -0.05) is 15.9 Å². The first-order chi connectivity index (χ1) is 5.45. The number of aliphatic carboxylic acids is 1. The number of halogens is 1. The van der Waals surface area contributed by atoms with Crippen LogP contribution in [0.1, 0.15) is 6.92 Å². The predicted molar refractivity (Wildman–Crippen MR) is 49.9 cm³/mol. The van der Waals surface area contributed by atoms with Crippen molar-refractivity contribution in [3.05, 3.63) is 11.5 Å². The molecule has 0 saturated carbocycles. The molecular formula is C6H10BrN3O2. The lowest BCUT2D eigenvalue weighted by molar-refractivity contribution is -0.132. The fourth-order valence-corrected chi connectivity index (χ4v) is 0.480. The van der Waals surface area contributed by atoms with Gasteiger partial charge in [-0.2, -0.15) is 0 Å². The van der Waals surface area contributed by atoms with E-state index in [1.165, 1.54) is 6.21 Å². The lowest BCUT2D eigenvalue weighted by atomic mass is 10.4. The van der Waals surface area contributed by atoms with Crippen molar-refractivity contribution in [1.29, 1.82) is 0 Å². The van der Waals surface area contributed by atoms with Gasteiger partial charge in [0.15, 0.2) is 11.5 Å². The Morgan fingerprint density at radius 2 is 2.17 bits per heavy atom. The molecule has 0 aliphatic carbocycles. The maximum atomic E-state index is 10.2. The summed E-state index contributed by atoms with van der Waals surface area (Å²) in [4.78, 5) is 13.9. The lowest BCUT2D eigenvalue weighted by Gasteiger charge is -1.97. The average molecular weight is 236 g/mol. The van der Waals surface area contributed by atoms with Gasteiger partial charge in [0.2, 0.25) is 0 Å². The first-order valence-corrected chi connectivity index (χ1v) is 4.03. The molecule has 0 radical (unpaired) electrons. The molecular weight excluding hydrogens is 226 g/mol. The van der Waals surface area contributed by atoms with E-state index in [2.05, 4.69) is 20.9 Å². The van der Waals surface area contributed by atoms with Crippen LogP contribution in [0.4, 0.5) is 0 Å². The number of rotatable bonds is 3. The monoisotopic (exact) mass is 235 g/mol. The minimum Gasteiger partial charge on any atom is -0.476 e. The van der Waals surface area contributed by atoms with Crippen molar-refractivity contribution in [2.75, 3.05) is 0 Å². The van der Waals surface area contributed by atoms with E-state index in [9.17, 15) is 4.79 Å². The van der Waals surface area contributed by atoms with E-state index in [1.807, 2.05) is 6.92 Å².